The molecule has 2 aromatic carbocycles. The maximum Gasteiger partial charge on any atom is 0.280 e. The predicted octanol–water partition coefficient (Wildman–Crippen LogP) is 3.99. The van der Waals surface area contributed by atoms with Crippen LogP contribution in [0.25, 0.3) is 10.4 Å². The zero-order chi connectivity index (χ0) is 20.7. The van der Waals surface area contributed by atoms with E-state index < -0.39 is 0 Å². The molecule has 0 radical (unpaired) electrons. The number of hydrogen-bond donors (Lipinski definition) is 1. The minimum absolute atomic E-state index is 0.112. The van der Waals surface area contributed by atoms with Gasteiger partial charge in [0.15, 0.2) is 11.8 Å². The first-order valence-corrected chi connectivity index (χ1v) is 10.4. The molecule has 0 fully saturated rings. The zero-order valence-corrected chi connectivity index (χ0v) is 17.1. The smallest absolute Gasteiger partial charge is 0.280 e. The Morgan fingerprint density at radius 3 is 3.03 bits per heavy atom. The molecule has 0 bridgehead atoms. The van der Waals surface area contributed by atoms with Gasteiger partial charge in [0, 0.05) is 24.1 Å². The lowest BCUT2D eigenvalue weighted by molar-refractivity contribution is -0.0173. The quantitative estimate of drug-likeness (QED) is 0.683. The number of ether oxygens (including phenoxy) is 3. The molecule has 0 aliphatic carbocycles. The first-order valence-electron chi connectivity index (χ1n) is 9.62. The molecule has 5 rings (SSSR count). The molecule has 8 heteroatoms. The Labute approximate surface area is 176 Å². The van der Waals surface area contributed by atoms with Gasteiger partial charge in [-0.15, -0.1) is 11.3 Å². The van der Waals surface area contributed by atoms with Gasteiger partial charge in [-0.25, -0.2) is 9.37 Å². The Balaban J connectivity index is 1.34. The second kappa shape index (κ2) is 7.70. The van der Waals surface area contributed by atoms with Gasteiger partial charge in [-0.1, -0.05) is 0 Å². The standard InChI is InChI=1S/C22H19FN2O4S/c1-12-20(14-2-3-18-13(6-14)4-5-28-18)30-22(25-12)21(26)24-9-15-7-17(23)8-16-10-27-11-29-19(15)16/h2-3,6-8H,4-5,9-11H2,1H3,(H,24,26). The van der Waals surface area contributed by atoms with Crippen molar-refractivity contribution in [2.24, 2.45) is 0 Å². The van der Waals surface area contributed by atoms with Crippen LogP contribution in [0, 0.1) is 12.7 Å². The number of benzene rings is 2. The Morgan fingerprint density at radius 2 is 2.13 bits per heavy atom. The molecule has 30 heavy (non-hydrogen) atoms. The maximum absolute atomic E-state index is 13.9. The van der Waals surface area contributed by atoms with Crippen molar-refractivity contribution < 1.29 is 23.4 Å². The summed E-state index contributed by atoms with van der Waals surface area (Å²) >= 11 is 1.34. The van der Waals surface area contributed by atoms with E-state index in [1.54, 1.807) is 0 Å². The Morgan fingerprint density at radius 1 is 1.23 bits per heavy atom. The fourth-order valence-electron chi connectivity index (χ4n) is 3.73. The van der Waals surface area contributed by atoms with Gasteiger partial charge in [0.2, 0.25) is 0 Å². The number of aryl methyl sites for hydroxylation is 1. The average Bonchev–Trinajstić information content (AvgIpc) is 3.37. The van der Waals surface area contributed by atoms with E-state index >= 15 is 0 Å². The third-order valence-electron chi connectivity index (χ3n) is 5.13. The van der Waals surface area contributed by atoms with Crippen LogP contribution in [0.4, 0.5) is 4.39 Å². The van der Waals surface area contributed by atoms with E-state index in [0.29, 0.717) is 28.5 Å². The number of thiazole rings is 1. The molecule has 0 spiro atoms. The van der Waals surface area contributed by atoms with Gasteiger partial charge in [0.1, 0.15) is 17.3 Å². The van der Waals surface area contributed by atoms with E-state index in [1.807, 2.05) is 19.1 Å². The lowest BCUT2D eigenvalue weighted by Gasteiger charge is -2.20. The van der Waals surface area contributed by atoms with Crippen molar-refractivity contribution in [1.82, 2.24) is 10.3 Å². The number of rotatable bonds is 4. The van der Waals surface area contributed by atoms with E-state index in [0.717, 1.165) is 28.3 Å². The SMILES string of the molecule is Cc1nc(C(=O)NCc2cc(F)cc3c2OCOC3)sc1-c1ccc2c(c1)CCO2. The van der Waals surface area contributed by atoms with Crippen LogP contribution in [-0.2, 0) is 24.3 Å². The molecule has 6 nitrogen and oxygen atoms in total. The van der Waals surface area contributed by atoms with Gasteiger partial charge in [0.05, 0.1) is 23.8 Å². The number of halogens is 1. The fraction of sp³-hybridized carbons (Fsp3) is 0.273. The van der Waals surface area contributed by atoms with Crippen molar-refractivity contribution in [3.8, 4) is 21.9 Å². The summed E-state index contributed by atoms with van der Waals surface area (Å²) in [6, 6.07) is 8.81. The summed E-state index contributed by atoms with van der Waals surface area (Å²) in [6.45, 7) is 3.13. The number of carbonyl (C=O) groups excluding carboxylic acids is 1. The highest BCUT2D eigenvalue weighted by molar-refractivity contribution is 7.17. The fourth-order valence-corrected chi connectivity index (χ4v) is 4.71. The van der Waals surface area contributed by atoms with Crippen LogP contribution in [0.2, 0.25) is 0 Å². The van der Waals surface area contributed by atoms with Gasteiger partial charge >= 0.3 is 0 Å². The molecule has 0 saturated heterocycles. The van der Waals surface area contributed by atoms with Crippen molar-refractivity contribution in [3.05, 3.63) is 63.5 Å². The van der Waals surface area contributed by atoms with Crippen LogP contribution in [0.3, 0.4) is 0 Å². The highest BCUT2D eigenvalue weighted by Crippen LogP contribution is 2.35. The Kier molecular flexibility index (Phi) is 4.88. The van der Waals surface area contributed by atoms with E-state index in [4.69, 9.17) is 14.2 Å². The van der Waals surface area contributed by atoms with Gasteiger partial charge < -0.3 is 19.5 Å². The van der Waals surface area contributed by atoms with Crippen LogP contribution in [0.1, 0.15) is 32.2 Å². The number of carbonyl (C=O) groups is 1. The van der Waals surface area contributed by atoms with Crippen molar-refractivity contribution in [3.63, 3.8) is 0 Å². The molecule has 2 aliphatic rings. The van der Waals surface area contributed by atoms with Crippen LogP contribution in [-0.4, -0.2) is 24.3 Å². The summed E-state index contributed by atoms with van der Waals surface area (Å²) < 4.78 is 30.2. The second-order valence-electron chi connectivity index (χ2n) is 7.20. The summed E-state index contributed by atoms with van der Waals surface area (Å²) in [5.74, 6) is 0.799. The van der Waals surface area contributed by atoms with Crippen molar-refractivity contribution in [1.29, 1.82) is 0 Å². The molecule has 0 saturated carbocycles. The number of aromatic nitrogens is 1. The molecular weight excluding hydrogens is 407 g/mol. The minimum Gasteiger partial charge on any atom is -0.493 e. The van der Waals surface area contributed by atoms with Crippen LogP contribution >= 0.6 is 11.3 Å². The molecule has 1 amide bonds. The van der Waals surface area contributed by atoms with Crippen LogP contribution in [0.15, 0.2) is 30.3 Å². The highest BCUT2D eigenvalue weighted by atomic mass is 32.1. The normalized spacial score (nSPS) is 14.5. The number of amides is 1. The largest absolute Gasteiger partial charge is 0.493 e. The number of hydrogen-bond acceptors (Lipinski definition) is 6. The first-order chi connectivity index (χ1) is 14.6. The Bertz CT molecular complexity index is 1140. The molecule has 3 aromatic rings. The van der Waals surface area contributed by atoms with Gasteiger partial charge in [0.25, 0.3) is 5.91 Å². The molecule has 1 N–H and O–H groups in total. The highest BCUT2D eigenvalue weighted by Gasteiger charge is 2.20. The van der Waals surface area contributed by atoms with Gasteiger partial charge in [-0.05, 0) is 48.4 Å². The summed E-state index contributed by atoms with van der Waals surface area (Å²) in [7, 11) is 0. The number of fused-ring (bicyclic) bond motifs is 2. The molecule has 0 unspecified atom stereocenters. The van der Waals surface area contributed by atoms with Crippen LogP contribution in [0.5, 0.6) is 11.5 Å². The predicted molar refractivity (Wildman–Crippen MR) is 109 cm³/mol. The molecule has 154 valence electrons. The summed E-state index contributed by atoms with van der Waals surface area (Å²) in [6.07, 6.45) is 0.888. The maximum atomic E-state index is 13.9. The zero-order valence-electron chi connectivity index (χ0n) is 16.3. The second-order valence-corrected chi connectivity index (χ2v) is 8.20. The first kappa shape index (κ1) is 19.0. The van der Waals surface area contributed by atoms with Crippen molar-refractivity contribution in [2.75, 3.05) is 13.4 Å². The van der Waals surface area contributed by atoms with E-state index in [-0.39, 0.29) is 31.7 Å². The van der Waals surface area contributed by atoms with E-state index in [1.165, 1.54) is 29.0 Å². The average molecular weight is 426 g/mol. The lowest BCUT2D eigenvalue weighted by atomic mass is 10.1. The van der Waals surface area contributed by atoms with Crippen LogP contribution < -0.4 is 14.8 Å². The molecule has 1 aromatic heterocycles. The topological polar surface area (TPSA) is 69.7 Å². The summed E-state index contributed by atoms with van der Waals surface area (Å²) in [5.41, 5.74) is 4.21. The molecule has 3 heterocycles. The van der Waals surface area contributed by atoms with Crippen molar-refractivity contribution >= 4 is 17.2 Å². The molecule has 2 aliphatic heterocycles. The third kappa shape index (κ3) is 3.53. The van der Waals surface area contributed by atoms with Crippen molar-refractivity contribution in [2.45, 2.75) is 26.5 Å². The van der Waals surface area contributed by atoms with E-state index in [2.05, 4.69) is 16.4 Å². The summed E-state index contributed by atoms with van der Waals surface area (Å²) in [4.78, 5) is 18.1. The number of nitrogens with zero attached hydrogens (tertiary/aromatic N) is 1. The summed E-state index contributed by atoms with van der Waals surface area (Å²) in [5, 5.41) is 3.20. The lowest BCUT2D eigenvalue weighted by Crippen LogP contribution is -2.24. The third-order valence-corrected chi connectivity index (χ3v) is 6.34. The van der Waals surface area contributed by atoms with Gasteiger partial charge in [-0.3, -0.25) is 4.79 Å². The molecule has 0 atom stereocenters. The van der Waals surface area contributed by atoms with Gasteiger partial charge in [-0.2, -0.15) is 0 Å². The monoisotopic (exact) mass is 426 g/mol. The van der Waals surface area contributed by atoms with E-state index in [9.17, 15) is 9.18 Å². The molecular formula is C22H19FN2O4S. The Hall–Kier alpha value is -2.97. The number of nitrogens with one attached hydrogen (secondary N) is 1. The minimum atomic E-state index is -0.389.